The van der Waals surface area contributed by atoms with Crippen molar-refractivity contribution in [3.05, 3.63) is 101 Å². The first-order chi connectivity index (χ1) is 20.0. The number of hydrogen-bond acceptors (Lipinski definition) is 3. The van der Waals surface area contributed by atoms with E-state index in [4.69, 9.17) is 9.47 Å². The van der Waals surface area contributed by atoms with Crippen LogP contribution < -0.4 is 9.47 Å². The summed E-state index contributed by atoms with van der Waals surface area (Å²) in [6.45, 7) is 10.3. The summed E-state index contributed by atoms with van der Waals surface area (Å²) in [5.74, 6) is 3.23. The van der Waals surface area contributed by atoms with Crippen molar-refractivity contribution in [2.75, 3.05) is 0 Å². The van der Waals surface area contributed by atoms with Crippen LogP contribution in [-0.4, -0.2) is 0 Å². The van der Waals surface area contributed by atoms with E-state index in [2.05, 4.69) is 94.4 Å². The predicted molar refractivity (Wildman–Crippen MR) is 170 cm³/mol. The third kappa shape index (κ3) is 8.49. The van der Waals surface area contributed by atoms with Crippen molar-refractivity contribution in [1.29, 1.82) is 5.26 Å². The first-order valence-corrected chi connectivity index (χ1v) is 15.6. The molecule has 0 spiro atoms. The lowest BCUT2D eigenvalue weighted by atomic mass is 9.79. The number of unbranched alkanes of at least 4 members (excludes halogenated alkanes) is 2. The molecule has 3 heteroatoms. The standard InChI is InChI=1S/C38H47NO2/c1-5-6-9-14-29(3)30(4)34-24-36(40-26-31-15-10-7-11-16-31)38(35-23-28(2)19-20-33(35)21-22-39)37(25-34)41-27-32-17-12-8-13-18-32/h7-8,10-13,15-18,24-25,28-30H,5-6,9,14,19-21,23,26-27H2,1-4H3. The van der Waals surface area contributed by atoms with Crippen molar-refractivity contribution >= 4 is 5.57 Å². The Bertz CT molecular complexity index is 1240. The zero-order valence-corrected chi connectivity index (χ0v) is 25.5. The lowest BCUT2D eigenvalue weighted by Gasteiger charge is -2.29. The molecule has 3 aromatic carbocycles. The Kier molecular flexibility index (Phi) is 11.5. The summed E-state index contributed by atoms with van der Waals surface area (Å²) in [4.78, 5) is 0. The normalized spacial score (nSPS) is 16.6. The molecule has 0 radical (unpaired) electrons. The van der Waals surface area contributed by atoms with Gasteiger partial charge in [-0.25, -0.2) is 0 Å². The number of rotatable bonds is 14. The Labute approximate surface area is 248 Å². The highest BCUT2D eigenvalue weighted by atomic mass is 16.5. The van der Waals surface area contributed by atoms with Gasteiger partial charge in [0.25, 0.3) is 0 Å². The molecule has 216 valence electrons. The van der Waals surface area contributed by atoms with Gasteiger partial charge in [0.15, 0.2) is 0 Å². The van der Waals surface area contributed by atoms with E-state index in [1.165, 1.54) is 42.4 Å². The van der Waals surface area contributed by atoms with E-state index >= 15 is 0 Å². The van der Waals surface area contributed by atoms with Gasteiger partial charge in [0.2, 0.25) is 0 Å². The van der Waals surface area contributed by atoms with Gasteiger partial charge in [-0.05, 0) is 71.4 Å². The zero-order chi connectivity index (χ0) is 29.0. The molecule has 41 heavy (non-hydrogen) atoms. The molecule has 0 fully saturated rings. The quantitative estimate of drug-likeness (QED) is 0.188. The van der Waals surface area contributed by atoms with Crippen LogP contribution >= 0.6 is 0 Å². The molecule has 0 saturated heterocycles. The molecular formula is C38H47NO2. The topological polar surface area (TPSA) is 42.2 Å². The molecule has 1 aliphatic carbocycles. The molecule has 3 nitrogen and oxygen atoms in total. The Morgan fingerprint density at radius 2 is 1.46 bits per heavy atom. The van der Waals surface area contributed by atoms with E-state index in [1.807, 2.05) is 12.1 Å². The second-order valence-corrected chi connectivity index (χ2v) is 12.0. The molecule has 1 aliphatic rings. The largest absolute Gasteiger partial charge is 0.488 e. The van der Waals surface area contributed by atoms with Gasteiger partial charge in [-0.2, -0.15) is 5.26 Å². The molecule has 0 amide bonds. The van der Waals surface area contributed by atoms with Crippen molar-refractivity contribution in [2.45, 2.75) is 98.2 Å². The van der Waals surface area contributed by atoms with Crippen molar-refractivity contribution in [1.82, 2.24) is 0 Å². The van der Waals surface area contributed by atoms with E-state index in [9.17, 15) is 5.26 Å². The molecular weight excluding hydrogens is 502 g/mol. The minimum absolute atomic E-state index is 0.372. The Balaban J connectivity index is 1.81. The summed E-state index contributed by atoms with van der Waals surface area (Å²) in [5.41, 5.74) is 7.05. The average Bonchev–Trinajstić information content (AvgIpc) is 3.00. The van der Waals surface area contributed by atoms with E-state index in [0.29, 0.717) is 37.4 Å². The molecule has 4 rings (SSSR count). The molecule has 0 aromatic heterocycles. The van der Waals surface area contributed by atoms with Gasteiger partial charge in [0.1, 0.15) is 24.7 Å². The number of hydrogen-bond donors (Lipinski definition) is 0. The molecule has 3 atom stereocenters. The van der Waals surface area contributed by atoms with Gasteiger partial charge in [-0.1, -0.05) is 120 Å². The molecule has 0 heterocycles. The number of allylic oxidation sites excluding steroid dienone is 2. The van der Waals surface area contributed by atoms with Crippen LogP contribution in [0.25, 0.3) is 5.57 Å². The fraction of sp³-hybridized carbons (Fsp3) is 0.447. The Hall–Kier alpha value is -3.51. The number of nitrogens with zero attached hydrogens (tertiary/aromatic N) is 1. The molecule has 0 bridgehead atoms. The molecule has 3 aromatic rings. The van der Waals surface area contributed by atoms with Crippen LogP contribution in [0.15, 0.2) is 78.4 Å². The van der Waals surface area contributed by atoms with E-state index in [-0.39, 0.29) is 0 Å². The minimum Gasteiger partial charge on any atom is -0.488 e. The van der Waals surface area contributed by atoms with Crippen LogP contribution in [0.3, 0.4) is 0 Å². The first-order valence-electron chi connectivity index (χ1n) is 15.6. The fourth-order valence-electron chi connectivity index (χ4n) is 5.90. The van der Waals surface area contributed by atoms with Crippen LogP contribution in [0, 0.1) is 23.2 Å². The molecule has 0 saturated carbocycles. The summed E-state index contributed by atoms with van der Waals surface area (Å²) in [7, 11) is 0. The van der Waals surface area contributed by atoms with Crippen LogP contribution in [-0.2, 0) is 13.2 Å². The zero-order valence-electron chi connectivity index (χ0n) is 25.5. The van der Waals surface area contributed by atoms with Gasteiger partial charge in [0.05, 0.1) is 18.1 Å². The maximum Gasteiger partial charge on any atom is 0.131 e. The predicted octanol–water partition coefficient (Wildman–Crippen LogP) is 10.7. The summed E-state index contributed by atoms with van der Waals surface area (Å²) < 4.78 is 13.4. The van der Waals surface area contributed by atoms with Crippen molar-refractivity contribution in [3.63, 3.8) is 0 Å². The summed E-state index contributed by atoms with van der Waals surface area (Å²) in [5, 5.41) is 9.71. The fourth-order valence-corrected chi connectivity index (χ4v) is 5.90. The minimum atomic E-state index is 0.372. The highest BCUT2D eigenvalue weighted by Crippen LogP contribution is 2.47. The van der Waals surface area contributed by atoms with Crippen LogP contribution in [0.4, 0.5) is 0 Å². The molecule has 0 N–H and O–H groups in total. The number of nitriles is 1. The monoisotopic (exact) mass is 549 g/mol. The van der Waals surface area contributed by atoms with Gasteiger partial charge in [0, 0.05) is 0 Å². The summed E-state index contributed by atoms with van der Waals surface area (Å²) in [6, 6.07) is 27.7. The highest BCUT2D eigenvalue weighted by molar-refractivity contribution is 5.79. The van der Waals surface area contributed by atoms with Gasteiger partial charge >= 0.3 is 0 Å². The van der Waals surface area contributed by atoms with Crippen molar-refractivity contribution in [2.24, 2.45) is 11.8 Å². The number of benzene rings is 3. The third-order valence-electron chi connectivity index (χ3n) is 8.72. The van der Waals surface area contributed by atoms with Gasteiger partial charge in [-0.15, -0.1) is 0 Å². The second-order valence-electron chi connectivity index (χ2n) is 12.0. The molecule has 0 aliphatic heterocycles. The average molecular weight is 550 g/mol. The van der Waals surface area contributed by atoms with Crippen molar-refractivity contribution < 1.29 is 9.47 Å². The van der Waals surface area contributed by atoms with Crippen molar-refractivity contribution in [3.8, 4) is 17.6 Å². The van der Waals surface area contributed by atoms with Gasteiger partial charge < -0.3 is 9.47 Å². The lowest BCUT2D eigenvalue weighted by Crippen LogP contribution is -2.12. The smallest absolute Gasteiger partial charge is 0.131 e. The summed E-state index contributed by atoms with van der Waals surface area (Å²) in [6.07, 6.45) is 8.44. The second kappa shape index (κ2) is 15.5. The maximum absolute atomic E-state index is 9.71. The summed E-state index contributed by atoms with van der Waals surface area (Å²) >= 11 is 0. The number of ether oxygens (including phenoxy) is 2. The molecule has 3 unspecified atom stereocenters. The van der Waals surface area contributed by atoms with Gasteiger partial charge in [-0.3, -0.25) is 0 Å². The highest BCUT2D eigenvalue weighted by Gasteiger charge is 2.27. The van der Waals surface area contributed by atoms with Crippen LogP contribution in [0.2, 0.25) is 0 Å². The van der Waals surface area contributed by atoms with E-state index < -0.39 is 0 Å². The van der Waals surface area contributed by atoms with Crippen LogP contribution in [0.5, 0.6) is 11.5 Å². The van der Waals surface area contributed by atoms with E-state index in [1.54, 1.807) is 0 Å². The Morgan fingerprint density at radius 3 is 2.00 bits per heavy atom. The van der Waals surface area contributed by atoms with E-state index in [0.717, 1.165) is 47.5 Å². The SMILES string of the molecule is CCCCCC(C)C(C)c1cc(OCc2ccccc2)c(C2=C(CC#N)CCC(C)C2)c(OCc2ccccc2)c1. The Morgan fingerprint density at radius 1 is 0.878 bits per heavy atom. The first kappa shape index (κ1) is 30.4. The third-order valence-corrected chi connectivity index (χ3v) is 8.72. The van der Waals surface area contributed by atoms with Crippen LogP contribution in [0.1, 0.15) is 107 Å². The lowest BCUT2D eigenvalue weighted by molar-refractivity contribution is 0.286. The maximum atomic E-state index is 9.71.